The van der Waals surface area contributed by atoms with E-state index >= 15 is 0 Å². The van der Waals surface area contributed by atoms with Gasteiger partial charge in [-0.15, -0.1) is 5.10 Å². The molecule has 2 aromatic carbocycles. The van der Waals surface area contributed by atoms with Gasteiger partial charge < -0.3 is 37.7 Å². The fourth-order valence-electron chi connectivity index (χ4n) is 9.52. The predicted octanol–water partition coefficient (Wildman–Crippen LogP) is 4.46. The molecule has 0 aromatic heterocycles. The van der Waals surface area contributed by atoms with Crippen LogP contribution in [0.25, 0.3) is 0 Å². The van der Waals surface area contributed by atoms with Gasteiger partial charge in [-0.1, -0.05) is 74.5 Å². The first-order chi connectivity index (χ1) is 22.0. The van der Waals surface area contributed by atoms with Crippen molar-refractivity contribution in [2.45, 2.75) is 101 Å². The molecular formula is C37H58N6O3. The van der Waals surface area contributed by atoms with Gasteiger partial charge in [0.25, 0.3) is 0 Å². The molecule has 10 N–H and O–H groups in total. The Morgan fingerprint density at radius 2 is 1.24 bits per heavy atom. The van der Waals surface area contributed by atoms with Crippen LogP contribution in [-0.2, 0) is 4.84 Å². The van der Waals surface area contributed by atoms with Gasteiger partial charge in [0.05, 0.1) is 17.8 Å². The first-order valence-electron chi connectivity index (χ1n) is 17.4. The molecule has 254 valence electrons. The quantitative estimate of drug-likeness (QED) is 0.0872. The number of nitrogens with one attached hydrogen (secondary N) is 2. The summed E-state index contributed by atoms with van der Waals surface area (Å²) in [6.07, 6.45) is 9.97. The molecule has 4 saturated carbocycles. The Morgan fingerprint density at radius 1 is 0.761 bits per heavy atom. The molecule has 2 aromatic rings. The van der Waals surface area contributed by atoms with E-state index in [-0.39, 0.29) is 16.8 Å². The molecule has 0 heterocycles. The number of benzene rings is 2. The largest absolute Gasteiger partial charge is 0.389 e. The number of hydrazone groups is 1. The van der Waals surface area contributed by atoms with Gasteiger partial charge in [0.1, 0.15) is 0 Å². The summed E-state index contributed by atoms with van der Waals surface area (Å²) >= 11 is 0. The molecule has 4 aliphatic carbocycles. The molecule has 0 bridgehead atoms. The van der Waals surface area contributed by atoms with Crippen LogP contribution >= 0.6 is 0 Å². The van der Waals surface area contributed by atoms with Gasteiger partial charge in [-0.2, -0.15) is 0 Å². The summed E-state index contributed by atoms with van der Waals surface area (Å²) in [4.78, 5) is 5.34. The third-order valence-corrected chi connectivity index (χ3v) is 12.7. The average Bonchev–Trinajstić information content (AvgIpc) is 3.48. The monoisotopic (exact) mass is 634 g/mol. The number of aliphatic hydroxyl groups is 2. The molecule has 0 spiro atoms. The van der Waals surface area contributed by atoms with Crippen LogP contribution in [0.2, 0.25) is 0 Å². The van der Waals surface area contributed by atoms with E-state index in [1.807, 2.05) is 6.07 Å². The second-order valence-electron chi connectivity index (χ2n) is 15.0. The van der Waals surface area contributed by atoms with Crippen LogP contribution in [0.4, 0.5) is 0 Å². The lowest BCUT2D eigenvalue weighted by Crippen LogP contribution is -2.50. The molecule has 4 aliphatic rings. The van der Waals surface area contributed by atoms with E-state index in [1.54, 1.807) is 0 Å². The van der Waals surface area contributed by atoms with Crippen molar-refractivity contribution < 1.29 is 15.1 Å². The molecule has 0 unspecified atom stereocenters. The van der Waals surface area contributed by atoms with Crippen LogP contribution in [-0.4, -0.2) is 53.6 Å². The maximum atomic E-state index is 11.4. The smallest absolute Gasteiger partial charge is 0.208 e. The molecule has 9 nitrogen and oxygen atoms in total. The van der Waals surface area contributed by atoms with Crippen molar-refractivity contribution in [2.75, 3.05) is 26.2 Å². The van der Waals surface area contributed by atoms with Gasteiger partial charge in [-0.3, -0.25) is 0 Å². The predicted molar refractivity (Wildman–Crippen MR) is 184 cm³/mol. The van der Waals surface area contributed by atoms with Crippen LogP contribution in [0.3, 0.4) is 0 Å². The van der Waals surface area contributed by atoms with Gasteiger partial charge in [0.15, 0.2) is 0 Å². The lowest BCUT2D eigenvalue weighted by molar-refractivity contribution is -0.109. The Kier molecular flexibility index (Phi) is 11.0. The molecule has 0 amide bonds. The van der Waals surface area contributed by atoms with E-state index in [2.05, 4.69) is 84.5 Å². The maximum Gasteiger partial charge on any atom is 0.208 e. The zero-order valence-electron chi connectivity index (χ0n) is 28.0. The third-order valence-electron chi connectivity index (χ3n) is 12.7. The SMILES string of the molecule is C[C@]12CC[C@H](c3ccccc3)C[C@@]1(O)CC[C@@H]2CNN=C(N)N.C[C@]12CC[C@H](c3ccccc3)C[C@@]1(O)CC[C@@H]2CNOCCN. The molecule has 9 heteroatoms. The first kappa shape index (κ1) is 34.6. The highest BCUT2D eigenvalue weighted by molar-refractivity contribution is 5.75. The number of guanidine groups is 1. The minimum atomic E-state index is -0.587. The standard InChI is InChI=1S/C19H30N2O2.C18H28N4O/c1-18-9-7-16(15-5-3-2-4-6-15)13-19(18,22)10-8-17(18)14-21-23-12-11-20;1-17-9-7-14(13-5-3-2-4-6-13)11-18(17,23)10-8-15(17)12-21-22-16(19)20/h2-6,16-17,21-22H,7-14,20H2,1H3;2-6,14-15,21,23H,7-12H2,1H3,(H4,19,20,22)/t16-,17+,18+,19-;14-,15+,17+,18-/m00/s1. The second-order valence-corrected chi connectivity index (χ2v) is 15.0. The number of nitrogens with two attached hydrogens (primary N) is 3. The number of nitrogens with zero attached hydrogens (tertiary/aromatic N) is 1. The van der Waals surface area contributed by atoms with E-state index in [4.69, 9.17) is 22.0 Å². The molecule has 46 heavy (non-hydrogen) atoms. The number of fused-ring (bicyclic) bond motifs is 2. The summed E-state index contributed by atoms with van der Waals surface area (Å²) in [6, 6.07) is 21.2. The summed E-state index contributed by atoms with van der Waals surface area (Å²) in [5.41, 5.74) is 23.7. The zero-order valence-corrected chi connectivity index (χ0v) is 28.0. The van der Waals surface area contributed by atoms with Gasteiger partial charge in [-0.05, 0) is 99.0 Å². The van der Waals surface area contributed by atoms with E-state index in [9.17, 15) is 10.2 Å². The lowest BCUT2D eigenvalue weighted by atomic mass is 9.59. The Hall–Kier alpha value is -2.69. The number of hydroxylamine groups is 1. The Labute approximate surface area is 275 Å². The molecular weight excluding hydrogens is 576 g/mol. The van der Waals surface area contributed by atoms with E-state index in [1.165, 1.54) is 11.1 Å². The third kappa shape index (κ3) is 7.09. The highest BCUT2D eigenvalue weighted by Crippen LogP contribution is 2.61. The number of hydrogen-bond acceptors (Lipinski definition) is 7. The van der Waals surface area contributed by atoms with Gasteiger partial charge in [0.2, 0.25) is 5.96 Å². The molecule has 0 aliphatic heterocycles. The summed E-state index contributed by atoms with van der Waals surface area (Å²) < 4.78 is 0. The van der Waals surface area contributed by atoms with Crippen molar-refractivity contribution in [3.8, 4) is 0 Å². The van der Waals surface area contributed by atoms with Crippen LogP contribution in [0.1, 0.15) is 101 Å². The minimum absolute atomic E-state index is 0.0165. The zero-order chi connectivity index (χ0) is 32.8. The summed E-state index contributed by atoms with van der Waals surface area (Å²) in [5, 5.41) is 26.6. The maximum absolute atomic E-state index is 11.4. The Balaban J connectivity index is 0.000000181. The second kappa shape index (κ2) is 14.6. The minimum Gasteiger partial charge on any atom is -0.389 e. The van der Waals surface area contributed by atoms with Crippen molar-refractivity contribution in [3.05, 3.63) is 71.8 Å². The fraction of sp³-hybridized carbons (Fsp3) is 0.649. The molecule has 0 saturated heterocycles. The average molecular weight is 635 g/mol. The van der Waals surface area contributed by atoms with Gasteiger partial charge >= 0.3 is 0 Å². The normalized spacial score (nSPS) is 36.5. The Bertz CT molecular complexity index is 1280. The van der Waals surface area contributed by atoms with Gasteiger partial charge in [-0.25, -0.2) is 5.48 Å². The van der Waals surface area contributed by atoms with Crippen molar-refractivity contribution in [2.24, 2.45) is 45.0 Å². The highest BCUT2D eigenvalue weighted by atomic mass is 16.6. The van der Waals surface area contributed by atoms with Crippen molar-refractivity contribution in [3.63, 3.8) is 0 Å². The van der Waals surface area contributed by atoms with Crippen LogP contribution in [0.15, 0.2) is 65.8 Å². The van der Waals surface area contributed by atoms with Crippen LogP contribution in [0, 0.1) is 22.7 Å². The van der Waals surface area contributed by atoms with Gasteiger partial charge in [0, 0.05) is 30.5 Å². The lowest BCUT2D eigenvalue weighted by Gasteiger charge is -2.49. The molecule has 8 atom stereocenters. The van der Waals surface area contributed by atoms with E-state index in [0.717, 1.165) is 70.8 Å². The molecule has 0 radical (unpaired) electrons. The highest BCUT2D eigenvalue weighted by Gasteiger charge is 2.59. The molecule has 6 rings (SSSR count). The number of rotatable bonds is 10. The van der Waals surface area contributed by atoms with Crippen molar-refractivity contribution in [1.29, 1.82) is 0 Å². The first-order valence-corrected chi connectivity index (χ1v) is 17.4. The van der Waals surface area contributed by atoms with E-state index < -0.39 is 11.2 Å². The Morgan fingerprint density at radius 3 is 1.70 bits per heavy atom. The fourth-order valence-corrected chi connectivity index (χ4v) is 9.52. The van der Waals surface area contributed by atoms with Crippen LogP contribution < -0.4 is 28.1 Å². The molecule has 4 fully saturated rings. The topological polar surface area (TPSA) is 164 Å². The number of hydrogen-bond donors (Lipinski definition) is 7. The summed E-state index contributed by atoms with van der Waals surface area (Å²) in [5.74, 6) is 1.85. The van der Waals surface area contributed by atoms with Crippen LogP contribution in [0.5, 0.6) is 0 Å². The summed E-state index contributed by atoms with van der Waals surface area (Å²) in [6.45, 7) is 7.09. The van der Waals surface area contributed by atoms with Crippen molar-refractivity contribution >= 4 is 5.96 Å². The summed E-state index contributed by atoms with van der Waals surface area (Å²) in [7, 11) is 0. The van der Waals surface area contributed by atoms with E-state index in [0.29, 0.717) is 43.4 Å². The van der Waals surface area contributed by atoms with Crippen molar-refractivity contribution in [1.82, 2.24) is 10.9 Å².